The number of morpholine rings is 1. The van der Waals surface area contributed by atoms with E-state index in [1.807, 2.05) is 22.7 Å². The van der Waals surface area contributed by atoms with Gasteiger partial charge in [-0.25, -0.2) is 0 Å². The zero-order valence-electron chi connectivity index (χ0n) is 14.1. The van der Waals surface area contributed by atoms with E-state index in [-0.39, 0.29) is 24.2 Å². The van der Waals surface area contributed by atoms with Crippen molar-refractivity contribution in [2.24, 2.45) is 0 Å². The zero-order chi connectivity index (χ0) is 16.4. The Hall–Kier alpha value is -1.20. The predicted octanol–water partition coefficient (Wildman–Crippen LogP) is 3.13. The quantitative estimate of drug-likeness (QED) is 0.851. The number of carbonyl (C=O) groups excluding carboxylic acids is 1. The van der Waals surface area contributed by atoms with Crippen molar-refractivity contribution in [3.05, 3.63) is 23.8 Å². The molecule has 23 heavy (non-hydrogen) atoms. The lowest BCUT2D eigenvalue weighted by Gasteiger charge is -2.41. The van der Waals surface area contributed by atoms with Gasteiger partial charge in [0.2, 0.25) is 5.91 Å². The molecule has 2 heterocycles. The van der Waals surface area contributed by atoms with Gasteiger partial charge in [-0.05, 0) is 51.0 Å². The van der Waals surface area contributed by atoms with Crippen molar-refractivity contribution in [1.29, 1.82) is 0 Å². The number of rotatable bonds is 3. The summed E-state index contributed by atoms with van der Waals surface area (Å²) in [5.41, 5.74) is 1.20. The summed E-state index contributed by atoms with van der Waals surface area (Å²) in [6.45, 7) is 7.38. The molecule has 1 saturated heterocycles. The fraction of sp³-hybridized carbons (Fsp3) is 0.611. The highest BCUT2D eigenvalue weighted by atomic mass is 32.2. The number of carbonyl (C=O) groups is 1. The molecular formula is C18H25NO3S. The first-order valence-electron chi connectivity index (χ1n) is 8.25. The van der Waals surface area contributed by atoms with Gasteiger partial charge in [-0.15, -0.1) is 11.8 Å². The van der Waals surface area contributed by atoms with Crippen LogP contribution in [0.4, 0.5) is 0 Å². The third-order valence-corrected chi connectivity index (χ3v) is 5.51. The molecule has 1 aromatic carbocycles. The highest BCUT2D eigenvalue weighted by molar-refractivity contribution is 7.99. The van der Waals surface area contributed by atoms with E-state index >= 15 is 0 Å². The van der Waals surface area contributed by atoms with Crippen molar-refractivity contribution in [3.63, 3.8) is 0 Å². The van der Waals surface area contributed by atoms with Crippen molar-refractivity contribution < 1.29 is 14.3 Å². The molecule has 0 aliphatic carbocycles. The predicted molar refractivity (Wildman–Crippen MR) is 92.2 cm³/mol. The number of amides is 1. The second-order valence-electron chi connectivity index (χ2n) is 7.12. The van der Waals surface area contributed by atoms with Gasteiger partial charge in [0.15, 0.2) is 0 Å². The second kappa shape index (κ2) is 6.73. The monoisotopic (exact) mass is 335 g/mol. The van der Waals surface area contributed by atoms with Gasteiger partial charge in [-0.2, -0.15) is 0 Å². The van der Waals surface area contributed by atoms with Gasteiger partial charge in [0, 0.05) is 5.54 Å². The molecule has 1 unspecified atom stereocenters. The molecule has 3 rings (SSSR count). The van der Waals surface area contributed by atoms with Crippen LogP contribution in [0.25, 0.3) is 0 Å². The molecule has 0 radical (unpaired) electrons. The van der Waals surface area contributed by atoms with Crippen molar-refractivity contribution in [3.8, 4) is 5.75 Å². The average molecular weight is 335 g/mol. The van der Waals surface area contributed by atoms with E-state index in [9.17, 15) is 4.79 Å². The molecule has 1 fully saturated rings. The van der Waals surface area contributed by atoms with Gasteiger partial charge in [0.05, 0.1) is 11.4 Å². The van der Waals surface area contributed by atoms with E-state index in [0.717, 1.165) is 17.9 Å². The Morgan fingerprint density at radius 2 is 2.22 bits per heavy atom. The minimum absolute atomic E-state index is 0.0568. The van der Waals surface area contributed by atoms with Crippen LogP contribution in [0.2, 0.25) is 0 Å². The van der Waals surface area contributed by atoms with Crippen LogP contribution in [-0.4, -0.2) is 48.0 Å². The Morgan fingerprint density at radius 3 is 3.00 bits per heavy atom. The van der Waals surface area contributed by atoms with E-state index in [1.54, 1.807) is 0 Å². The Bertz CT molecular complexity index is 582. The van der Waals surface area contributed by atoms with Crippen LogP contribution < -0.4 is 4.74 Å². The first-order valence-corrected chi connectivity index (χ1v) is 9.23. The number of benzene rings is 1. The molecule has 126 valence electrons. The number of ether oxygens (including phenoxy) is 2. The molecule has 1 aromatic rings. The number of nitrogens with zero attached hydrogens (tertiary/aromatic N) is 1. The first kappa shape index (κ1) is 16.7. The smallest absolute Gasteiger partial charge is 0.249 e. The van der Waals surface area contributed by atoms with E-state index < -0.39 is 0 Å². The van der Waals surface area contributed by atoms with Crippen LogP contribution in [0.15, 0.2) is 23.1 Å². The Labute approximate surface area is 142 Å². The van der Waals surface area contributed by atoms with Gasteiger partial charge in [0.1, 0.15) is 25.1 Å². The topological polar surface area (TPSA) is 38.8 Å². The summed E-state index contributed by atoms with van der Waals surface area (Å²) in [5.74, 6) is 2.16. The van der Waals surface area contributed by atoms with Gasteiger partial charge in [-0.1, -0.05) is 12.1 Å². The molecule has 0 saturated carbocycles. The van der Waals surface area contributed by atoms with E-state index in [0.29, 0.717) is 13.2 Å². The largest absolute Gasteiger partial charge is 0.490 e. The maximum absolute atomic E-state index is 12.0. The SMILES string of the molecule is CC(C)(C)N1CC(COc2cccc3c2SCCC3)OCC1=O. The normalized spacial score (nSPS) is 22.0. The molecule has 0 N–H and O–H groups in total. The number of aryl methyl sites for hydroxylation is 1. The van der Waals surface area contributed by atoms with E-state index in [4.69, 9.17) is 9.47 Å². The molecular weight excluding hydrogens is 310 g/mol. The molecule has 5 heteroatoms. The lowest BCUT2D eigenvalue weighted by Crippen LogP contribution is -2.56. The third kappa shape index (κ3) is 3.83. The van der Waals surface area contributed by atoms with Crippen LogP contribution in [-0.2, 0) is 16.0 Å². The lowest BCUT2D eigenvalue weighted by atomic mass is 10.0. The average Bonchev–Trinajstić information content (AvgIpc) is 2.53. The van der Waals surface area contributed by atoms with E-state index in [1.165, 1.54) is 16.9 Å². The fourth-order valence-corrected chi connectivity index (χ4v) is 4.15. The Morgan fingerprint density at radius 1 is 1.39 bits per heavy atom. The van der Waals surface area contributed by atoms with Crippen LogP contribution >= 0.6 is 11.8 Å². The van der Waals surface area contributed by atoms with Crippen molar-refractivity contribution in [2.45, 2.75) is 50.2 Å². The van der Waals surface area contributed by atoms with Crippen molar-refractivity contribution >= 4 is 17.7 Å². The van der Waals surface area contributed by atoms with Gasteiger partial charge in [0.25, 0.3) is 0 Å². The highest BCUT2D eigenvalue weighted by Crippen LogP contribution is 2.37. The summed E-state index contributed by atoms with van der Waals surface area (Å²) in [5, 5.41) is 0. The molecule has 2 aliphatic rings. The highest BCUT2D eigenvalue weighted by Gasteiger charge is 2.33. The fourth-order valence-electron chi connectivity index (χ4n) is 3.03. The summed E-state index contributed by atoms with van der Waals surface area (Å²) >= 11 is 1.88. The molecule has 4 nitrogen and oxygen atoms in total. The molecule has 2 aliphatic heterocycles. The second-order valence-corrected chi connectivity index (χ2v) is 8.22. The van der Waals surface area contributed by atoms with Crippen LogP contribution in [0.5, 0.6) is 5.75 Å². The van der Waals surface area contributed by atoms with Crippen LogP contribution in [0, 0.1) is 0 Å². The molecule has 0 aromatic heterocycles. The van der Waals surface area contributed by atoms with Gasteiger partial charge < -0.3 is 14.4 Å². The van der Waals surface area contributed by atoms with Gasteiger partial charge >= 0.3 is 0 Å². The number of fused-ring (bicyclic) bond motifs is 1. The molecule has 1 atom stereocenters. The lowest BCUT2D eigenvalue weighted by molar-refractivity contribution is -0.157. The summed E-state index contributed by atoms with van der Waals surface area (Å²) in [6, 6.07) is 6.28. The molecule has 1 amide bonds. The standard InChI is InChI=1S/C18H25NO3S/c1-18(2,3)19-10-14(21-12-16(19)20)11-22-15-8-4-6-13-7-5-9-23-17(13)15/h4,6,8,14H,5,7,9-12H2,1-3H3. The number of hydrogen-bond donors (Lipinski definition) is 0. The summed E-state index contributed by atoms with van der Waals surface area (Å²) in [7, 11) is 0. The van der Waals surface area contributed by atoms with Crippen molar-refractivity contribution in [2.75, 3.05) is 25.5 Å². The third-order valence-electron chi connectivity index (χ3n) is 4.26. The minimum atomic E-state index is -0.180. The molecule has 0 bridgehead atoms. The maximum atomic E-state index is 12.0. The van der Waals surface area contributed by atoms with Crippen LogP contribution in [0.3, 0.4) is 0 Å². The zero-order valence-corrected chi connectivity index (χ0v) is 14.9. The summed E-state index contributed by atoms with van der Waals surface area (Å²) < 4.78 is 11.7. The van der Waals surface area contributed by atoms with Crippen molar-refractivity contribution in [1.82, 2.24) is 4.90 Å². The minimum Gasteiger partial charge on any atom is -0.490 e. The van der Waals surface area contributed by atoms with E-state index in [2.05, 4.69) is 32.9 Å². The maximum Gasteiger partial charge on any atom is 0.249 e. The number of thioether (sulfide) groups is 1. The molecule has 0 spiro atoms. The number of hydrogen-bond acceptors (Lipinski definition) is 4. The summed E-state index contributed by atoms with van der Waals surface area (Å²) in [6.07, 6.45) is 2.29. The Kier molecular flexibility index (Phi) is 4.87. The van der Waals surface area contributed by atoms with Crippen LogP contribution in [0.1, 0.15) is 32.8 Å². The Balaban J connectivity index is 1.64. The summed E-state index contributed by atoms with van der Waals surface area (Å²) in [4.78, 5) is 15.2. The first-order chi connectivity index (χ1) is 10.9. The van der Waals surface area contributed by atoms with Gasteiger partial charge in [-0.3, -0.25) is 4.79 Å².